The predicted octanol–water partition coefficient (Wildman–Crippen LogP) is 15.7. The van der Waals surface area contributed by atoms with Crippen LogP contribution in [0.2, 0.25) is 0 Å². The maximum atomic E-state index is 6.21. The van der Waals surface area contributed by atoms with Crippen LogP contribution in [0.15, 0.2) is 205 Å². The first-order valence-electron chi connectivity index (χ1n) is 21.0. The Morgan fingerprint density at radius 3 is 1.85 bits per heavy atom. The van der Waals surface area contributed by atoms with Crippen LogP contribution in [0, 0.1) is 0 Å². The lowest BCUT2D eigenvalue weighted by Gasteiger charge is -2.16. The number of hydrogen-bond donors (Lipinski definition) is 0. The fraction of sp³-hybridized carbons (Fsp3) is 0.0351. The molecule has 0 spiro atoms. The molecule has 0 N–H and O–H groups in total. The van der Waals surface area contributed by atoms with Gasteiger partial charge in [-0.3, -0.25) is 0 Å². The zero-order valence-electron chi connectivity index (χ0n) is 33.6. The Hall–Kier alpha value is -7.73. The number of hydrogen-bond acceptors (Lipinski definition) is 5. The van der Waals surface area contributed by atoms with Gasteiger partial charge in [-0.2, -0.15) is 0 Å². The molecule has 0 saturated heterocycles. The number of fused-ring (bicyclic) bond motifs is 6. The molecule has 0 radical (unpaired) electrons. The van der Waals surface area contributed by atoms with Crippen molar-refractivity contribution in [3.63, 3.8) is 0 Å². The van der Waals surface area contributed by atoms with Crippen LogP contribution in [0.25, 0.3) is 110 Å². The van der Waals surface area contributed by atoms with E-state index >= 15 is 0 Å². The molecule has 3 aromatic heterocycles. The highest BCUT2D eigenvalue weighted by Gasteiger charge is 2.19. The first-order chi connectivity index (χ1) is 30.7. The van der Waals surface area contributed by atoms with Gasteiger partial charge in [0.05, 0.1) is 0 Å². The Morgan fingerprint density at radius 1 is 0.403 bits per heavy atom. The smallest absolute Gasteiger partial charge is 0.164 e. The Bertz CT molecular complexity index is 3560. The molecule has 0 bridgehead atoms. The summed E-state index contributed by atoms with van der Waals surface area (Å²) in [5.41, 5.74) is 14.4. The second-order valence-electron chi connectivity index (χ2n) is 15.9. The van der Waals surface area contributed by atoms with E-state index in [0.29, 0.717) is 17.5 Å². The Balaban J connectivity index is 0.931. The maximum absolute atomic E-state index is 6.21. The molecule has 0 saturated carbocycles. The van der Waals surface area contributed by atoms with Crippen molar-refractivity contribution in [2.45, 2.75) is 12.8 Å². The zero-order chi connectivity index (χ0) is 41.0. The van der Waals surface area contributed by atoms with Gasteiger partial charge in [0.1, 0.15) is 11.2 Å². The first kappa shape index (κ1) is 36.1. The van der Waals surface area contributed by atoms with E-state index < -0.39 is 0 Å². The average molecular weight is 812 g/mol. The van der Waals surface area contributed by atoms with E-state index in [1.165, 1.54) is 48.2 Å². The van der Waals surface area contributed by atoms with Gasteiger partial charge in [0.2, 0.25) is 0 Å². The normalized spacial score (nSPS) is 12.9. The first-order valence-corrected chi connectivity index (χ1v) is 21.9. The van der Waals surface area contributed by atoms with Gasteiger partial charge in [-0.1, -0.05) is 158 Å². The molecule has 0 unspecified atom stereocenters. The number of allylic oxidation sites excluding steroid dienone is 4. The van der Waals surface area contributed by atoms with Gasteiger partial charge in [0, 0.05) is 47.6 Å². The summed E-state index contributed by atoms with van der Waals surface area (Å²) in [6, 6.07) is 66.3. The molecular formula is C57H37N3OS. The maximum Gasteiger partial charge on any atom is 0.164 e. The average Bonchev–Trinajstić information content (AvgIpc) is 3.92. The molecule has 3 heterocycles. The molecule has 12 rings (SSSR count). The summed E-state index contributed by atoms with van der Waals surface area (Å²) in [6.07, 6.45) is 6.78. The molecule has 8 aromatic carbocycles. The molecule has 1 aliphatic rings. The second kappa shape index (κ2) is 15.1. The summed E-state index contributed by atoms with van der Waals surface area (Å²) in [5.74, 6) is 1.93. The molecule has 292 valence electrons. The van der Waals surface area contributed by atoms with Crippen LogP contribution in [-0.2, 0) is 0 Å². The molecule has 62 heavy (non-hydrogen) atoms. The molecule has 0 aliphatic heterocycles. The van der Waals surface area contributed by atoms with Gasteiger partial charge in [-0.05, 0) is 99.8 Å². The topological polar surface area (TPSA) is 51.8 Å². The number of rotatable bonds is 7. The van der Waals surface area contributed by atoms with Crippen LogP contribution in [0.5, 0.6) is 0 Å². The van der Waals surface area contributed by atoms with Gasteiger partial charge < -0.3 is 4.42 Å². The van der Waals surface area contributed by atoms with Crippen LogP contribution in [0.1, 0.15) is 24.0 Å². The Kier molecular flexibility index (Phi) is 8.79. The van der Waals surface area contributed by atoms with E-state index in [9.17, 15) is 0 Å². The summed E-state index contributed by atoms with van der Waals surface area (Å²) in [5, 5.41) is 4.62. The summed E-state index contributed by atoms with van der Waals surface area (Å²) >= 11 is 1.81. The lowest BCUT2D eigenvalue weighted by Crippen LogP contribution is -2.00. The van der Waals surface area contributed by atoms with E-state index in [2.05, 4.69) is 170 Å². The predicted molar refractivity (Wildman–Crippen MR) is 259 cm³/mol. The number of para-hydroxylation sites is 1. The highest BCUT2D eigenvalue weighted by molar-refractivity contribution is 7.26. The van der Waals surface area contributed by atoms with Gasteiger partial charge in [-0.15, -0.1) is 11.3 Å². The lowest BCUT2D eigenvalue weighted by atomic mass is 9.89. The number of furan rings is 1. The van der Waals surface area contributed by atoms with E-state index in [-0.39, 0.29) is 0 Å². The fourth-order valence-corrected chi connectivity index (χ4v) is 10.0. The Labute approximate surface area is 362 Å². The minimum absolute atomic E-state index is 0.631. The third-order valence-corrected chi connectivity index (χ3v) is 13.2. The van der Waals surface area contributed by atoms with Gasteiger partial charge in [0.25, 0.3) is 0 Å². The fourth-order valence-electron chi connectivity index (χ4n) is 8.91. The highest BCUT2D eigenvalue weighted by atomic mass is 32.1. The number of nitrogens with zero attached hydrogens (tertiary/aromatic N) is 3. The van der Waals surface area contributed by atoms with Crippen molar-refractivity contribution >= 4 is 64.6 Å². The van der Waals surface area contributed by atoms with Crippen LogP contribution >= 0.6 is 11.3 Å². The number of aromatic nitrogens is 3. The minimum atomic E-state index is 0.631. The zero-order valence-corrected chi connectivity index (χ0v) is 34.4. The van der Waals surface area contributed by atoms with E-state index in [0.717, 1.165) is 68.0 Å². The standard InChI is InChI=1S/C57H37N3OS/c1-3-12-36(13-4-1)40-16-9-17-41(32-40)42-18-10-19-43(33-42)44-29-31-52-49(34-44)54-48(21-11-23-53(54)62-52)57-59-55(38-14-5-2-6-15-38)58-56(60-57)39-26-24-37(25-27-39)45-28-30-47-46-20-7-8-22-50(46)61-51(47)35-45/h1-9,11-17,19-35H,10,18H2. The highest BCUT2D eigenvalue weighted by Crippen LogP contribution is 2.42. The largest absolute Gasteiger partial charge is 0.456 e. The summed E-state index contributed by atoms with van der Waals surface area (Å²) in [6.45, 7) is 0. The van der Waals surface area contributed by atoms with Crippen LogP contribution in [0.4, 0.5) is 0 Å². The van der Waals surface area contributed by atoms with Crippen molar-refractivity contribution in [2.24, 2.45) is 0 Å². The monoisotopic (exact) mass is 811 g/mol. The van der Waals surface area contributed by atoms with E-state index in [4.69, 9.17) is 19.4 Å². The van der Waals surface area contributed by atoms with Crippen LogP contribution in [-0.4, -0.2) is 15.0 Å². The summed E-state index contributed by atoms with van der Waals surface area (Å²) in [4.78, 5) is 15.5. The van der Waals surface area contributed by atoms with Crippen molar-refractivity contribution in [1.82, 2.24) is 15.0 Å². The number of benzene rings is 8. The van der Waals surface area contributed by atoms with Crippen molar-refractivity contribution in [3.8, 4) is 56.4 Å². The Morgan fingerprint density at radius 2 is 1.02 bits per heavy atom. The molecule has 0 amide bonds. The van der Waals surface area contributed by atoms with Crippen molar-refractivity contribution in [1.29, 1.82) is 0 Å². The molecule has 0 fully saturated rings. The van der Waals surface area contributed by atoms with Gasteiger partial charge in [-0.25, -0.2) is 15.0 Å². The lowest BCUT2D eigenvalue weighted by molar-refractivity contribution is 0.669. The van der Waals surface area contributed by atoms with Gasteiger partial charge >= 0.3 is 0 Å². The van der Waals surface area contributed by atoms with Crippen molar-refractivity contribution in [2.75, 3.05) is 0 Å². The quantitative estimate of drug-likeness (QED) is 0.161. The van der Waals surface area contributed by atoms with Gasteiger partial charge in [0.15, 0.2) is 17.5 Å². The third-order valence-electron chi connectivity index (χ3n) is 12.0. The molecule has 11 aromatic rings. The molecule has 0 atom stereocenters. The molecule has 1 aliphatic carbocycles. The SMILES string of the molecule is C1=C(c2ccc3sc4cccc(-c5nc(-c6ccccc6)nc(-c6ccc(-c7ccc8c(c7)oc7ccccc78)cc6)n5)c4c3c2)C=C(c2cccc(-c3ccccc3)c2)CC1. The molecule has 5 heteroatoms. The summed E-state index contributed by atoms with van der Waals surface area (Å²) < 4.78 is 8.65. The van der Waals surface area contributed by atoms with Crippen LogP contribution < -0.4 is 0 Å². The second-order valence-corrected chi connectivity index (χ2v) is 16.9. The third kappa shape index (κ3) is 6.51. The van der Waals surface area contributed by atoms with E-state index in [1.807, 2.05) is 41.7 Å². The van der Waals surface area contributed by atoms with Crippen LogP contribution in [0.3, 0.4) is 0 Å². The van der Waals surface area contributed by atoms with E-state index in [1.54, 1.807) is 0 Å². The molecule has 4 nitrogen and oxygen atoms in total. The van der Waals surface area contributed by atoms with Crippen molar-refractivity contribution < 1.29 is 4.42 Å². The summed E-state index contributed by atoms with van der Waals surface area (Å²) in [7, 11) is 0. The van der Waals surface area contributed by atoms with Crippen molar-refractivity contribution in [3.05, 3.63) is 211 Å². The molecular weight excluding hydrogens is 775 g/mol. The minimum Gasteiger partial charge on any atom is -0.456 e. The number of thiophene rings is 1.